The van der Waals surface area contributed by atoms with Crippen LogP contribution in [-0.4, -0.2) is 33.9 Å². The minimum atomic E-state index is -0.184. The number of pyridine rings is 1. The molecule has 0 spiro atoms. The molecule has 4 rings (SSSR count). The van der Waals surface area contributed by atoms with Crippen LogP contribution in [0.4, 0.5) is 4.39 Å². The Kier molecular flexibility index (Phi) is 4.35. The molecule has 0 saturated carbocycles. The zero-order valence-electron chi connectivity index (χ0n) is 13.1. The molecule has 6 heteroatoms. The lowest BCUT2D eigenvalue weighted by molar-refractivity contribution is 0.151. The fraction of sp³-hybridized carbons (Fsp3) is 0.278. The maximum Gasteiger partial charge on any atom is 0.136 e. The fourth-order valence-corrected chi connectivity index (χ4v) is 3.65. The molecular formula is C18H18BrFN4. The summed E-state index contributed by atoms with van der Waals surface area (Å²) in [6, 6.07) is 11.1. The molecule has 1 N–H and O–H groups in total. The SMILES string of the molecule is Fc1cccc(C2CNCCN2Cc2cnc3ccc(Br)cn23)c1. The third kappa shape index (κ3) is 3.09. The van der Waals surface area contributed by atoms with E-state index in [1.54, 1.807) is 12.1 Å². The molecule has 1 atom stereocenters. The molecule has 3 aromatic rings. The van der Waals surface area contributed by atoms with E-state index in [4.69, 9.17) is 0 Å². The Hall–Kier alpha value is -1.76. The van der Waals surface area contributed by atoms with Gasteiger partial charge in [-0.1, -0.05) is 12.1 Å². The highest BCUT2D eigenvalue weighted by molar-refractivity contribution is 9.10. The van der Waals surface area contributed by atoms with Crippen molar-refractivity contribution in [2.75, 3.05) is 19.6 Å². The fourth-order valence-electron chi connectivity index (χ4n) is 3.31. The molecule has 0 aliphatic carbocycles. The molecule has 1 unspecified atom stereocenters. The predicted octanol–water partition coefficient (Wildman–Crippen LogP) is 3.38. The van der Waals surface area contributed by atoms with E-state index in [1.165, 1.54) is 6.07 Å². The molecule has 0 radical (unpaired) electrons. The summed E-state index contributed by atoms with van der Waals surface area (Å²) in [6.07, 6.45) is 3.96. The van der Waals surface area contributed by atoms with Gasteiger partial charge in [-0.05, 0) is 45.8 Å². The van der Waals surface area contributed by atoms with Crippen LogP contribution in [0.25, 0.3) is 5.65 Å². The van der Waals surface area contributed by atoms with Gasteiger partial charge in [0.2, 0.25) is 0 Å². The van der Waals surface area contributed by atoms with Crippen LogP contribution in [0.1, 0.15) is 17.3 Å². The molecule has 4 nitrogen and oxygen atoms in total. The first-order valence-electron chi connectivity index (χ1n) is 8.02. The molecule has 0 amide bonds. The summed E-state index contributed by atoms with van der Waals surface area (Å²) in [5, 5.41) is 3.41. The van der Waals surface area contributed by atoms with Gasteiger partial charge in [-0.3, -0.25) is 4.90 Å². The van der Waals surface area contributed by atoms with Gasteiger partial charge in [0.1, 0.15) is 11.5 Å². The summed E-state index contributed by atoms with van der Waals surface area (Å²) in [6.45, 7) is 3.46. The normalized spacial score (nSPS) is 19.0. The highest BCUT2D eigenvalue weighted by Crippen LogP contribution is 2.25. The topological polar surface area (TPSA) is 32.6 Å². The van der Waals surface area contributed by atoms with Crippen molar-refractivity contribution in [1.82, 2.24) is 19.6 Å². The second kappa shape index (κ2) is 6.63. The number of nitrogens with one attached hydrogen (secondary N) is 1. The van der Waals surface area contributed by atoms with Gasteiger partial charge in [0.05, 0.1) is 11.9 Å². The van der Waals surface area contributed by atoms with E-state index < -0.39 is 0 Å². The minimum Gasteiger partial charge on any atom is -0.314 e. The van der Waals surface area contributed by atoms with E-state index in [0.29, 0.717) is 0 Å². The second-order valence-electron chi connectivity index (χ2n) is 6.07. The van der Waals surface area contributed by atoms with Gasteiger partial charge in [0.25, 0.3) is 0 Å². The van der Waals surface area contributed by atoms with Crippen molar-refractivity contribution in [3.63, 3.8) is 0 Å². The van der Waals surface area contributed by atoms with Crippen LogP contribution < -0.4 is 5.32 Å². The van der Waals surface area contributed by atoms with E-state index in [1.807, 2.05) is 30.6 Å². The molecule has 3 heterocycles. The third-order valence-corrected chi connectivity index (χ3v) is 4.97. The van der Waals surface area contributed by atoms with Crippen molar-refractivity contribution >= 4 is 21.6 Å². The Balaban J connectivity index is 1.64. The average molecular weight is 389 g/mol. The van der Waals surface area contributed by atoms with E-state index in [0.717, 1.165) is 47.6 Å². The summed E-state index contributed by atoms with van der Waals surface area (Å²) >= 11 is 3.52. The Labute approximate surface area is 148 Å². The smallest absolute Gasteiger partial charge is 0.136 e. The first-order valence-corrected chi connectivity index (χ1v) is 8.82. The maximum absolute atomic E-state index is 13.6. The lowest BCUT2D eigenvalue weighted by Gasteiger charge is -2.36. The average Bonchev–Trinajstić information content (AvgIpc) is 2.97. The monoisotopic (exact) mass is 388 g/mol. The van der Waals surface area contributed by atoms with Crippen molar-refractivity contribution < 1.29 is 4.39 Å². The number of imidazole rings is 1. The molecule has 1 fully saturated rings. The number of benzene rings is 1. The van der Waals surface area contributed by atoms with Gasteiger partial charge in [-0.2, -0.15) is 0 Å². The number of rotatable bonds is 3. The van der Waals surface area contributed by atoms with Crippen molar-refractivity contribution in [1.29, 1.82) is 0 Å². The highest BCUT2D eigenvalue weighted by Gasteiger charge is 2.25. The van der Waals surface area contributed by atoms with Crippen LogP contribution >= 0.6 is 15.9 Å². The van der Waals surface area contributed by atoms with Crippen molar-refractivity contribution in [2.24, 2.45) is 0 Å². The lowest BCUT2D eigenvalue weighted by atomic mass is 10.0. The van der Waals surface area contributed by atoms with Gasteiger partial charge in [-0.15, -0.1) is 0 Å². The van der Waals surface area contributed by atoms with E-state index in [2.05, 4.69) is 35.5 Å². The lowest BCUT2D eigenvalue weighted by Crippen LogP contribution is -2.45. The number of halogens is 2. The quantitative estimate of drug-likeness (QED) is 0.746. The third-order valence-electron chi connectivity index (χ3n) is 4.50. The largest absolute Gasteiger partial charge is 0.314 e. The molecule has 1 saturated heterocycles. The summed E-state index contributed by atoms with van der Waals surface area (Å²) in [4.78, 5) is 6.86. The number of nitrogens with zero attached hydrogens (tertiary/aromatic N) is 3. The summed E-state index contributed by atoms with van der Waals surface area (Å²) in [5.41, 5.74) is 3.08. The van der Waals surface area contributed by atoms with Crippen molar-refractivity contribution in [3.05, 3.63) is 70.3 Å². The number of aromatic nitrogens is 2. The van der Waals surface area contributed by atoms with Crippen LogP contribution in [0.3, 0.4) is 0 Å². The number of piperazine rings is 1. The van der Waals surface area contributed by atoms with Crippen LogP contribution in [0.15, 0.2) is 53.3 Å². The van der Waals surface area contributed by atoms with Crippen LogP contribution in [0.5, 0.6) is 0 Å². The number of fused-ring (bicyclic) bond motifs is 1. The van der Waals surface area contributed by atoms with E-state index in [9.17, 15) is 4.39 Å². The predicted molar refractivity (Wildman–Crippen MR) is 95.3 cm³/mol. The van der Waals surface area contributed by atoms with Crippen LogP contribution in [-0.2, 0) is 6.54 Å². The zero-order chi connectivity index (χ0) is 16.5. The zero-order valence-corrected chi connectivity index (χ0v) is 14.7. The summed E-state index contributed by atoms with van der Waals surface area (Å²) < 4.78 is 16.8. The van der Waals surface area contributed by atoms with Crippen molar-refractivity contribution in [2.45, 2.75) is 12.6 Å². The standard InChI is InChI=1S/C18H18BrFN4/c19-14-4-5-18-22-9-16(24(18)11-14)12-23-7-6-21-10-17(23)13-2-1-3-15(20)8-13/h1-5,8-9,11,17,21H,6-7,10,12H2. The summed E-state index contributed by atoms with van der Waals surface area (Å²) in [7, 11) is 0. The molecule has 124 valence electrons. The molecule has 2 aromatic heterocycles. The Morgan fingerprint density at radius 1 is 1.29 bits per heavy atom. The first-order chi connectivity index (χ1) is 11.7. The Morgan fingerprint density at radius 2 is 2.21 bits per heavy atom. The number of hydrogen-bond donors (Lipinski definition) is 1. The summed E-state index contributed by atoms with van der Waals surface area (Å²) in [5.74, 6) is -0.184. The highest BCUT2D eigenvalue weighted by atomic mass is 79.9. The molecular weight excluding hydrogens is 371 g/mol. The van der Waals surface area contributed by atoms with Crippen LogP contribution in [0.2, 0.25) is 0 Å². The molecule has 1 aliphatic rings. The van der Waals surface area contributed by atoms with Crippen LogP contribution in [0, 0.1) is 5.82 Å². The molecule has 1 aromatic carbocycles. The Bertz CT molecular complexity index is 863. The maximum atomic E-state index is 13.6. The Morgan fingerprint density at radius 3 is 3.08 bits per heavy atom. The molecule has 1 aliphatic heterocycles. The van der Waals surface area contributed by atoms with Gasteiger partial charge >= 0.3 is 0 Å². The van der Waals surface area contributed by atoms with E-state index >= 15 is 0 Å². The minimum absolute atomic E-state index is 0.159. The van der Waals surface area contributed by atoms with Crippen molar-refractivity contribution in [3.8, 4) is 0 Å². The van der Waals surface area contributed by atoms with Gasteiger partial charge in [0, 0.05) is 42.9 Å². The molecule has 0 bridgehead atoms. The first kappa shape index (κ1) is 15.7. The second-order valence-corrected chi connectivity index (χ2v) is 6.99. The van der Waals surface area contributed by atoms with E-state index in [-0.39, 0.29) is 11.9 Å². The number of hydrogen-bond acceptors (Lipinski definition) is 3. The van der Waals surface area contributed by atoms with Gasteiger partial charge in [0.15, 0.2) is 0 Å². The van der Waals surface area contributed by atoms with Gasteiger partial charge < -0.3 is 9.72 Å². The molecule has 24 heavy (non-hydrogen) atoms. The van der Waals surface area contributed by atoms with Gasteiger partial charge in [-0.25, -0.2) is 9.37 Å².